The smallest absolute Gasteiger partial charge is 0.146 e. The molecule has 16 heavy (non-hydrogen) atoms. The third-order valence-electron chi connectivity index (χ3n) is 2.05. The van der Waals surface area contributed by atoms with E-state index in [1.54, 1.807) is 14.2 Å². The monoisotopic (exact) mass is 234 g/mol. The first-order chi connectivity index (χ1) is 7.83. The second kappa shape index (κ2) is 20.3. The summed E-state index contributed by atoms with van der Waals surface area (Å²) in [6, 6.07) is 0. The van der Waals surface area contributed by atoms with Crippen LogP contribution in [0.5, 0.6) is 0 Å². The summed E-state index contributed by atoms with van der Waals surface area (Å²) >= 11 is 0. The summed E-state index contributed by atoms with van der Waals surface area (Å²) in [7, 11) is 3.38. The van der Waals surface area contributed by atoms with Gasteiger partial charge in [-0.1, -0.05) is 39.5 Å². The second-order valence-corrected chi connectivity index (χ2v) is 3.72. The molecule has 0 saturated carbocycles. The zero-order valence-electron chi connectivity index (χ0n) is 11.6. The molecule has 0 aromatic rings. The Kier molecular flexibility index (Phi) is 23.2. The molecule has 3 nitrogen and oxygen atoms in total. The number of ether oxygens (including phenoxy) is 3. The first-order valence-corrected chi connectivity index (χ1v) is 6.39. The SMILES string of the molecule is CCCCCOC.CCCCCOCOC. The molecule has 0 amide bonds. The van der Waals surface area contributed by atoms with Gasteiger partial charge in [-0.3, -0.25) is 0 Å². The summed E-state index contributed by atoms with van der Waals surface area (Å²) < 4.78 is 14.6. The van der Waals surface area contributed by atoms with Crippen molar-refractivity contribution in [3.63, 3.8) is 0 Å². The Labute approximate surface area is 101 Å². The fourth-order valence-corrected chi connectivity index (χ4v) is 1.09. The Morgan fingerprint density at radius 3 is 1.69 bits per heavy atom. The van der Waals surface area contributed by atoms with Gasteiger partial charge in [0.05, 0.1) is 0 Å². The van der Waals surface area contributed by atoms with Crippen molar-refractivity contribution >= 4 is 0 Å². The second-order valence-electron chi connectivity index (χ2n) is 3.72. The van der Waals surface area contributed by atoms with Crippen LogP contribution < -0.4 is 0 Å². The minimum atomic E-state index is 0.434. The number of unbranched alkanes of at least 4 members (excludes halogenated alkanes) is 4. The third-order valence-corrected chi connectivity index (χ3v) is 2.05. The lowest BCUT2D eigenvalue weighted by Gasteiger charge is -1.99. The molecule has 0 spiro atoms. The van der Waals surface area contributed by atoms with Crippen LogP contribution in [0.3, 0.4) is 0 Å². The Morgan fingerprint density at radius 1 is 0.688 bits per heavy atom. The predicted octanol–water partition coefficient (Wildman–Crippen LogP) is 3.62. The van der Waals surface area contributed by atoms with Crippen molar-refractivity contribution in [3.8, 4) is 0 Å². The van der Waals surface area contributed by atoms with Crippen LogP contribution in [0, 0.1) is 0 Å². The molecule has 0 radical (unpaired) electrons. The molecule has 0 N–H and O–H groups in total. The average molecular weight is 234 g/mol. The molecule has 0 aliphatic rings. The number of rotatable bonds is 10. The van der Waals surface area contributed by atoms with Crippen molar-refractivity contribution in [2.24, 2.45) is 0 Å². The molecule has 0 saturated heterocycles. The molecule has 0 atom stereocenters. The van der Waals surface area contributed by atoms with Gasteiger partial charge in [0.25, 0.3) is 0 Å². The minimum Gasteiger partial charge on any atom is -0.385 e. The summed E-state index contributed by atoms with van der Waals surface area (Å²) in [4.78, 5) is 0. The molecule has 0 aromatic heterocycles. The lowest BCUT2D eigenvalue weighted by molar-refractivity contribution is -0.0314. The average Bonchev–Trinajstić information content (AvgIpc) is 2.31. The van der Waals surface area contributed by atoms with E-state index in [0.717, 1.165) is 19.6 Å². The Morgan fingerprint density at radius 2 is 1.25 bits per heavy atom. The van der Waals surface area contributed by atoms with Crippen LogP contribution in [-0.2, 0) is 14.2 Å². The van der Waals surface area contributed by atoms with E-state index in [-0.39, 0.29) is 0 Å². The van der Waals surface area contributed by atoms with E-state index in [1.807, 2.05) is 0 Å². The first kappa shape index (κ1) is 18.3. The quantitative estimate of drug-likeness (QED) is 0.427. The van der Waals surface area contributed by atoms with Gasteiger partial charge >= 0.3 is 0 Å². The molecule has 3 heteroatoms. The van der Waals surface area contributed by atoms with Crippen molar-refractivity contribution < 1.29 is 14.2 Å². The van der Waals surface area contributed by atoms with E-state index < -0.39 is 0 Å². The molecule has 0 fully saturated rings. The number of hydrogen-bond donors (Lipinski definition) is 0. The largest absolute Gasteiger partial charge is 0.385 e. The van der Waals surface area contributed by atoms with Gasteiger partial charge in [-0.25, -0.2) is 0 Å². The Balaban J connectivity index is 0. The van der Waals surface area contributed by atoms with Gasteiger partial charge in [-0.2, -0.15) is 0 Å². The van der Waals surface area contributed by atoms with Gasteiger partial charge in [0.1, 0.15) is 6.79 Å². The van der Waals surface area contributed by atoms with Crippen LogP contribution in [0.25, 0.3) is 0 Å². The fourth-order valence-electron chi connectivity index (χ4n) is 1.09. The van der Waals surface area contributed by atoms with Crippen LogP contribution in [-0.4, -0.2) is 34.2 Å². The van der Waals surface area contributed by atoms with Crippen LogP contribution in [0.1, 0.15) is 52.4 Å². The van der Waals surface area contributed by atoms with Gasteiger partial charge in [-0.05, 0) is 12.8 Å². The standard InChI is InChI=1S/C7H16O2.C6H14O/c1-3-4-5-6-9-7-8-2;1-3-4-5-6-7-2/h3-7H2,1-2H3;3-6H2,1-2H3. The van der Waals surface area contributed by atoms with Crippen LogP contribution in [0.15, 0.2) is 0 Å². The van der Waals surface area contributed by atoms with E-state index in [1.165, 1.54) is 32.1 Å². The zero-order valence-corrected chi connectivity index (χ0v) is 11.6. The topological polar surface area (TPSA) is 27.7 Å². The lowest BCUT2D eigenvalue weighted by atomic mass is 10.3. The molecule has 0 aliphatic heterocycles. The maximum Gasteiger partial charge on any atom is 0.146 e. The Bertz CT molecular complexity index is 87.2. The van der Waals surface area contributed by atoms with Gasteiger partial charge in [0, 0.05) is 27.4 Å². The van der Waals surface area contributed by atoms with Crippen molar-refractivity contribution in [1.82, 2.24) is 0 Å². The highest BCUT2D eigenvalue weighted by Gasteiger charge is 1.84. The minimum absolute atomic E-state index is 0.434. The molecule has 0 heterocycles. The molecular weight excluding hydrogens is 204 g/mol. The first-order valence-electron chi connectivity index (χ1n) is 6.39. The zero-order chi connectivity index (χ0) is 12.5. The highest BCUT2D eigenvalue weighted by Crippen LogP contribution is 1.93. The maximum absolute atomic E-state index is 5.06. The van der Waals surface area contributed by atoms with Crippen LogP contribution in [0.4, 0.5) is 0 Å². The normalized spacial score (nSPS) is 9.75. The summed E-state index contributed by atoms with van der Waals surface area (Å²) in [5, 5.41) is 0. The molecule has 100 valence electrons. The summed E-state index contributed by atoms with van der Waals surface area (Å²) in [6.07, 6.45) is 7.45. The van der Waals surface area contributed by atoms with E-state index >= 15 is 0 Å². The van der Waals surface area contributed by atoms with Crippen molar-refractivity contribution in [1.29, 1.82) is 0 Å². The third kappa shape index (κ3) is 23.6. The highest BCUT2D eigenvalue weighted by molar-refractivity contribution is 4.33. The molecule has 0 bridgehead atoms. The lowest BCUT2D eigenvalue weighted by Crippen LogP contribution is -1.97. The summed E-state index contributed by atoms with van der Waals surface area (Å²) in [5.41, 5.74) is 0. The van der Waals surface area contributed by atoms with Crippen LogP contribution in [0.2, 0.25) is 0 Å². The number of hydrogen-bond acceptors (Lipinski definition) is 3. The van der Waals surface area contributed by atoms with E-state index in [2.05, 4.69) is 13.8 Å². The van der Waals surface area contributed by atoms with E-state index in [4.69, 9.17) is 14.2 Å². The van der Waals surface area contributed by atoms with Crippen molar-refractivity contribution in [2.45, 2.75) is 52.4 Å². The Hall–Kier alpha value is -0.120. The summed E-state index contributed by atoms with van der Waals surface area (Å²) in [5.74, 6) is 0. The maximum atomic E-state index is 5.06. The van der Waals surface area contributed by atoms with Gasteiger partial charge in [0.2, 0.25) is 0 Å². The predicted molar refractivity (Wildman–Crippen MR) is 68.8 cm³/mol. The van der Waals surface area contributed by atoms with Gasteiger partial charge in [-0.15, -0.1) is 0 Å². The summed E-state index contributed by atoms with van der Waals surface area (Å²) in [6.45, 7) is 6.56. The molecule has 0 unspecified atom stereocenters. The van der Waals surface area contributed by atoms with Crippen molar-refractivity contribution in [2.75, 3.05) is 34.2 Å². The van der Waals surface area contributed by atoms with Crippen LogP contribution >= 0.6 is 0 Å². The highest BCUT2D eigenvalue weighted by atomic mass is 16.7. The van der Waals surface area contributed by atoms with E-state index in [0.29, 0.717) is 6.79 Å². The fraction of sp³-hybridized carbons (Fsp3) is 1.00. The molecule has 0 aromatic carbocycles. The molecular formula is C13H30O3. The van der Waals surface area contributed by atoms with E-state index in [9.17, 15) is 0 Å². The van der Waals surface area contributed by atoms with Crippen molar-refractivity contribution in [3.05, 3.63) is 0 Å². The molecule has 0 rings (SSSR count). The van der Waals surface area contributed by atoms with Gasteiger partial charge < -0.3 is 14.2 Å². The molecule has 0 aliphatic carbocycles. The number of methoxy groups -OCH3 is 2. The van der Waals surface area contributed by atoms with Gasteiger partial charge in [0.15, 0.2) is 0 Å².